The van der Waals surface area contributed by atoms with Crippen molar-refractivity contribution in [2.24, 2.45) is 5.92 Å². The summed E-state index contributed by atoms with van der Waals surface area (Å²) in [5.74, 6) is -0.366. The summed E-state index contributed by atoms with van der Waals surface area (Å²) in [6.45, 7) is 4.84. The number of amides is 3. The fourth-order valence-electron chi connectivity index (χ4n) is 2.45. The minimum atomic E-state index is -0.861. The number of carbonyl (C=O) groups is 3. The Kier molecular flexibility index (Phi) is 5.73. The molecule has 0 radical (unpaired) electrons. The molecule has 0 spiro atoms. The molecule has 3 N–H and O–H groups in total. The van der Waals surface area contributed by atoms with Gasteiger partial charge in [0, 0.05) is 6.54 Å². The van der Waals surface area contributed by atoms with Gasteiger partial charge < -0.3 is 16.0 Å². The monoisotopic (exact) mass is 317 g/mol. The van der Waals surface area contributed by atoms with Gasteiger partial charge in [0.1, 0.15) is 6.04 Å². The molecule has 2 rings (SSSR count). The molecule has 6 heteroatoms. The number of rotatable bonds is 6. The van der Waals surface area contributed by atoms with Crippen molar-refractivity contribution in [1.82, 2.24) is 10.6 Å². The second-order valence-corrected chi connectivity index (χ2v) is 6.15. The normalized spacial score (nSPS) is 17.1. The highest BCUT2D eigenvalue weighted by Crippen LogP contribution is 2.18. The summed E-state index contributed by atoms with van der Waals surface area (Å²) in [5.41, 5.74) is 0.871. The highest BCUT2D eigenvalue weighted by atomic mass is 16.2. The molecule has 1 aliphatic heterocycles. The van der Waals surface area contributed by atoms with E-state index in [1.54, 1.807) is 24.3 Å². The second kappa shape index (κ2) is 7.76. The van der Waals surface area contributed by atoms with Crippen LogP contribution in [0.3, 0.4) is 0 Å². The quantitative estimate of drug-likeness (QED) is 0.698. The molecular weight excluding hydrogens is 294 g/mol. The summed E-state index contributed by atoms with van der Waals surface area (Å²) in [6, 6.07) is 5.92. The number of hydrogen-bond donors (Lipinski definition) is 3. The van der Waals surface area contributed by atoms with Crippen LogP contribution in [0.15, 0.2) is 24.3 Å². The molecule has 124 valence electrons. The summed E-state index contributed by atoms with van der Waals surface area (Å²) >= 11 is 0. The molecule has 0 aromatic heterocycles. The van der Waals surface area contributed by atoms with Gasteiger partial charge in [0.25, 0.3) is 5.91 Å². The van der Waals surface area contributed by atoms with Gasteiger partial charge in [-0.2, -0.15) is 0 Å². The molecule has 0 aliphatic carbocycles. The maximum Gasteiger partial charge on any atom is 0.254 e. The van der Waals surface area contributed by atoms with E-state index in [9.17, 15) is 14.4 Å². The zero-order valence-electron chi connectivity index (χ0n) is 13.5. The minimum absolute atomic E-state index is 0.0623. The lowest BCUT2D eigenvalue weighted by molar-refractivity contribution is -0.125. The van der Waals surface area contributed by atoms with Crippen molar-refractivity contribution >= 4 is 23.4 Å². The van der Waals surface area contributed by atoms with Crippen LogP contribution in [0.5, 0.6) is 0 Å². The Bertz CT molecular complexity index is 599. The van der Waals surface area contributed by atoms with E-state index in [4.69, 9.17) is 0 Å². The molecular formula is C17H23N3O3. The van der Waals surface area contributed by atoms with E-state index in [1.165, 1.54) is 0 Å². The zero-order chi connectivity index (χ0) is 16.8. The smallest absolute Gasteiger partial charge is 0.254 e. The lowest BCUT2D eigenvalue weighted by Crippen LogP contribution is -2.44. The van der Waals surface area contributed by atoms with E-state index in [-0.39, 0.29) is 24.1 Å². The molecule has 0 saturated heterocycles. The van der Waals surface area contributed by atoms with E-state index < -0.39 is 6.04 Å². The number of hydrogen-bond acceptors (Lipinski definition) is 3. The first-order chi connectivity index (χ1) is 11.0. The number of fused-ring (bicyclic) bond motifs is 1. The Labute approximate surface area is 136 Å². The highest BCUT2D eigenvalue weighted by Gasteiger charge is 2.29. The van der Waals surface area contributed by atoms with Gasteiger partial charge in [-0.15, -0.1) is 0 Å². The van der Waals surface area contributed by atoms with Crippen LogP contribution in [-0.2, 0) is 9.59 Å². The van der Waals surface area contributed by atoms with Gasteiger partial charge >= 0.3 is 0 Å². The third-order valence-corrected chi connectivity index (χ3v) is 3.72. The molecule has 0 fully saturated rings. The SMILES string of the molecule is CC(C)CCCNC(=O)C[C@@H]1NC(=O)c2ccccc2NC1=O. The van der Waals surface area contributed by atoms with Gasteiger partial charge in [-0.05, 0) is 30.9 Å². The van der Waals surface area contributed by atoms with Crippen LogP contribution in [0, 0.1) is 5.92 Å². The van der Waals surface area contributed by atoms with Gasteiger partial charge in [0.15, 0.2) is 0 Å². The van der Waals surface area contributed by atoms with E-state index in [1.807, 2.05) is 0 Å². The van der Waals surface area contributed by atoms with Gasteiger partial charge in [-0.3, -0.25) is 14.4 Å². The van der Waals surface area contributed by atoms with Crippen LogP contribution in [-0.4, -0.2) is 30.3 Å². The summed E-state index contributed by atoms with van der Waals surface area (Å²) in [6.07, 6.45) is 1.88. The van der Waals surface area contributed by atoms with Crippen LogP contribution >= 0.6 is 0 Å². The molecule has 3 amide bonds. The first-order valence-corrected chi connectivity index (χ1v) is 7.95. The Hall–Kier alpha value is -2.37. The molecule has 23 heavy (non-hydrogen) atoms. The van der Waals surface area contributed by atoms with Crippen molar-refractivity contribution in [1.29, 1.82) is 0 Å². The Morgan fingerprint density at radius 2 is 2.00 bits per heavy atom. The third-order valence-electron chi connectivity index (χ3n) is 3.72. The highest BCUT2D eigenvalue weighted by molar-refractivity contribution is 6.10. The van der Waals surface area contributed by atoms with Gasteiger partial charge in [-0.25, -0.2) is 0 Å². The molecule has 6 nitrogen and oxygen atoms in total. The van der Waals surface area contributed by atoms with Crippen LogP contribution in [0.1, 0.15) is 43.5 Å². The Morgan fingerprint density at radius 3 is 2.74 bits per heavy atom. The van der Waals surface area contributed by atoms with E-state index >= 15 is 0 Å². The number of benzene rings is 1. The largest absolute Gasteiger partial charge is 0.356 e. The van der Waals surface area contributed by atoms with Crippen molar-refractivity contribution in [3.8, 4) is 0 Å². The van der Waals surface area contributed by atoms with E-state index in [0.29, 0.717) is 23.7 Å². The first-order valence-electron chi connectivity index (χ1n) is 7.95. The van der Waals surface area contributed by atoms with Crippen LogP contribution in [0.25, 0.3) is 0 Å². The number of carbonyl (C=O) groups excluding carboxylic acids is 3. The molecule has 1 aliphatic rings. The fourth-order valence-corrected chi connectivity index (χ4v) is 2.45. The lowest BCUT2D eigenvalue weighted by Gasteiger charge is -2.14. The van der Waals surface area contributed by atoms with Crippen molar-refractivity contribution in [3.63, 3.8) is 0 Å². The predicted molar refractivity (Wildman–Crippen MR) is 88.0 cm³/mol. The van der Waals surface area contributed by atoms with Crippen molar-refractivity contribution < 1.29 is 14.4 Å². The van der Waals surface area contributed by atoms with Crippen molar-refractivity contribution in [2.75, 3.05) is 11.9 Å². The van der Waals surface area contributed by atoms with E-state index in [0.717, 1.165) is 12.8 Å². The minimum Gasteiger partial charge on any atom is -0.356 e. The Morgan fingerprint density at radius 1 is 1.26 bits per heavy atom. The molecule has 0 saturated carbocycles. The Balaban J connectivity index is 1.90. The second-order valence-electron chi connectivity index (χ2n) is 6.15. The number of nitrogens with one attached hydrogen (secondary N) is 3. The fraction of sp³-hybridized carbons (Fsp3) is 0.471. The van der Waals surface area contributed by atoms with Gasteiger partial charge in [0.05, 0.1) is 17.7 Å². The molecule has 1 atom stereocenters. The van der Waals surface area contributed by atoms with Gasteiger partial charge in [0.2, 0.25) is 11.8 Å². The molecule has 1 heterocycles. The third kappa shape index (κ3) is 4.81. The summed E-state index contributed by atoms with van der Waals surface area (Å²) < 4.78 is 0. The van der Waals surface area contributed by atoms with E-state index in [2.05, 4.69) is 29.8 Å². The topological polar surface area (TPSA) is 87.3 Å². The standard InChI is InChI=1S/C17H23N3O3/c1-11(2)6-5-9-18-15(21)10-14-17(23)19-13-8-4-3-7-12(13)16(22)20-14/h3-4,7-8,11,14H,5-6,9-10H2,1-2H3,(H,18,21)(H,19,23)(H,20,22)/t14-/m0/s1. The van der Waals surface area contributed by atoms with Crippen molar-refractivity contribution in [2.45, 2.75) is 39.2 Å². The first kappa shape index (κ1) is 17.0. The summed E-state index contributed by atoms with van der Waals surface area (Å²) in [4.78, 5) is 36.3. The van der Waals surface area contributed by atoms with Crippen LogP contribution < -0.4 is 16.0 Å². The average molecular weight is 317 g/mol. The van der Waals surface area contributed by atoms with Gasteiger partial charge in [-0.1, -0.05) is 26.0 Å². The van der Waals surface area contributed by atoms with Crippen molar-refractivity contribution in [3.05, 3.63) is 29.8 Å². The maximum absolute atomic E-state index is 12.2. The summed E-state index contributed by atoms with van der Waals surface area (Å²) in [7, 11) is 0. The molecule has 1 aromatic rings. The number of para-hydroxylation sites is 1. The molecule has 0 unspecified atom stereocenters. The average Bonchev–Trinajstić information content (AvgIpc) is 2.61. The van der Waals surface area contributed by atoms with Crippen LogP contribution in [0.2, 0.25) is 0 Å². The maximum atomic E-state index is 12.2. The van der Waals surface area contributed by atoms with Crippen LogP contribution in [0.4, 0.5) is 5.69 Å². The zero-order valence-corrected chi connectivity index (χ0v) is 13.5. The molecule has 1 aromatic carbocycles. The lowest BCUT2D eigenvalue weighted by atomic mass is 10.1. The number of anilines is 1. The molecule has 0 bridgehead atoms. The predicted octanol–water partition coefficient (Wildman–Crippen LogP) is 1.68. The summed E-state index contributed by atoms with van der Waals surface area (Å²) in [5, 5.41) is 8.09.